The molecule has 0 bridgehead atoms. The maximum Gasteiger partial charge on any atom is -0.0149 e. The molecule has 26 heavy (non-hydrogen) atoms. The first kappa shape index (κ1) is 29.2. The Hall–Kier alpha value is -1.56. The molecule has 0 N–H and O–H groups in total. The lowest BCUT2D eigenvalue weighted by atomic mass is 9.92. The Morgan fingerprint density at radius 2 is 0.692 bits per heavy atom. The van der Waals surface area contributed by atoms with Crippen molar-refractivity contribution in [2.75, 3.05) is 0 Å². The van der Waals surface area contributed by atoms with Crippen LogP contribution < -0.4 is 0 Å². The van der Waals surface area contributed by atoms with E-state index in [1.807, 2.05) is 41.5 Å². The molecule has 0 aliphatic carbocycles. The van der Waals surface area contributed by atoms with Gasteiger partial charge in [-0.3, -0.25) is 0 Å². The minimum absolute atomic E-state index is 1.40. The van der Waals surface area contributed by atoms with Crippen LogP contribution in [0.2, 0.25) is 0 Å². The molecule has 0 unspecified atom stereocenters. The highest BCUT2D eigenvalue weighted by Crippen LogP contribution is 2.28. The summed E-state index contributed by atoms with van der Waals surface area (Å²) in [6.45, 7) is 29.3. The third-order valence-corrected chi connectivity index (χ3v) is 4.42. The zero-order valence-corrected chi connectivity index (χ0v) is 20.3. The van der Waals surface area contributed by atoms with Gasteiger partial charge in [0.15, 0.2) is 0 Å². The molecule has 0 saturated heterocycles. The molecule has 0 heteroatoms. The van der Waals surface area contributed by atoms with E-state index in [9.17, 15) is 0 Å². The van der Waals surface area contributed by atoms with Gasteiger partial charge in [0.2, 0.25) is 0 Å². The van der Waals surface area contributed by atoms with E-state index in [1.54, 1.807) is 0 Å². The highest BCUT2D eigenvalue weighted by molar-refractivity contribution is 5.90. The predicted octanol–water partition coefficient (Wildman–Crippen LogP) is 9.51. The van der Waals surface area contributed by atoms with Gasteiger partial charge >= 0.3 is 0 Å². The van der Waals surface area contributed by atoms with Crippen LogP contribution in [0.1, 0.15) is 91.5 Å². The Bertz CT molecular complexity index is 578. The van der Waals surface area contributed by atoms with E-state index in [0.717, 1.165) is 0 Å². The first-order valence-electron chi connectivity index (χ1n) is 10.3. The van der Waals surface area contributed by atoms with Crippen LogP contribution in [0.15, 0.2) is 35.4 Å². The van der Waals surface area contributed by atoms with Gasteiger partial charge in [-0.15, -0.1) is 0 Å². The number of aryl methyl sites for hydroxylation is 2. The molecule has 2 aromatic carbocycles. The van der Waals surface area contributed by atoms with Gasteiger partial charge in [-0.05, 0) is 88.4 Å². The Morgan fingerprint density at radius 1 is 0.462 bits per heavy atom. The van der Waals surface area contributed by atoms with Crippen molar-refractivity contribution in [1.82, 2.24) is 0 Å². The summed E-state index contributed by atoms with van der Waals surface area (Å²) in [5.41, 5.74) is 8.56. The molecule has 0 radical (unpaired) electrons. The molecule has 0 spiro atoms. The second-order valence-corrected chi connectivity index (χ2v) is 6.05. The number of hydrogen-bond donors (Lipinski definition) is 0. The van der Waals surface area contributed by atoms with E-state index in [0.29, 0.717) is 0 Å². The Balaban J connectivity index is -0.000000374. The van der Waals surface area contributed by atoms with Crippen molar-refractivity contribution in [3.8, 4) is 0 Å². The van der Waals surface area contributed by atoms with E-state index in [1.165, 1.54) is 44.2 Å². The van der Waals surface area contributed by atoms with Crippen LogP contribution in [0.25, 0.3) is 10.8 Å². The Kier molecular flexibility index (Phi) is 19.0. The van der Waals surface area contributed by atoms with Crippen molar-refractivity contribution in [3.05, 3.63) is 57.7 Å². The fourth-order valence-electron chi connectivity index (χ4n) is 2.10. The predicted molar refractivity (Wildman–Crippen MR) is 127 cm³/mol. The van der Waals surface area contributed by atoms with E-state index >= 15 is 0 Å². The van der Waals surface area contributed by atoms with Crippen molar-refractivity contribution in [2.45, 2.75) is 96.9 Å². The van der Waals surface area contributed by atoms with E-state index < -0.39 is 0 Å². The number of allylic oxidation sites excluding steroid dienone is 2. The molecule has 150 valence electrons. The lowest BCUT2D eigenvalue weighted by Crippen LogP contribution is -1.93. The van der Waals surface area contributed by atoms with Gasteiger partial charge < -0.3 is 0 Å². The van der Waals surface area contributed by atoms with E-state index in [2.05, 4.69) is 79.7 Å². The van der Waals surface area contributed by atoms with Gasteiger partial charge in [-0.25, -0.2) is 0 Å². The van der Waals surface area contributed by atoms with Crippen LogP contribution in [0.4, 0.5) is 0 Å². The minimum atomic E-state index is 1.40. The molecule has 0 amide bonds. The van der Waals surface area contributed by atoms with Crippen molar-refractivity contribution in [3.63, 3.8) is 0 Å². The average molecular weight is 359 g/mol. The van der Waals surface area contributed by atoms with Gasteiger partial charge in [0, 0.05) is 0 Å². The molecule has 0 aliphatic heterocycles. The van der Waals surface area contributed by atoms with E-state index in [4.69, 9.17) is 0 Å². The highest BCUT2D eigenvalue weighted by Gasteiger charge is 2.07. The standard InChI is InChI=1S/C14H16.C6H12.3C2H6/c1-9-10(2)12(4)14-8-6-5-7-13(14)11(9)3;1-5(2)6(3)4;3*1-2/h5-8H,1-4H3;1-4H3;3*1-2H3. The third-order valence-electron chi connectivity index (χ3n) is 4.42. The van der Waals surface area contributed by atoms with Crippen molar-refractivity contribution < 1.29 is 0 Å². The fraction of sp³-hybridized carbons (Fsp3) is 0.538. The number of hydrogen-bond acceptors (Lipinski definition) is 0. The summed E-state index contributed by atoms with van der Waals surface area (Å²) in [6.07, 6.45) is 0. The van der Waals surface area contributed by atoms with Crippen LogP contribution in [0.5, 0.6) is 0 Å². The van der Waals surface area contributed by atoms with Crippen LogP contribution >= 0.6 is 0 Å². The van der Waals surface area contributed by atoms with Crippen molar-refractivity contribution >= 4 is 10.8 Å². The summed E-state index contributed by atoms with van der Waals surface area (Å²) >= 11 is 0. The van der Waals surface area contributed by atoms with Gasteiger partial charge in [0.05, 0.1) is 0 Å². The lowest BCUT2D eigenvalue weighted by Gasteiger charge is -2.13. The Labute approximate surface area is 165 Å². The summed E-state index contributed by atoms with van der Waals surface area (Å²) < 4.78 is 0. The summed E-state index contributed by atoms with van der Waals surface area (Å²) in [6, 6.07) is 8.65. The summed E-state index contributed by atoms with van der Waals surface area (Å²) in [5.74, 6) is 0. The minimum Gasteiger partial charge on any atom is -0.0778 e. The zero-order valence-electron chi connectivity index (χ0n) is 20.3. The number of benzene rings is 2. The first-order chi connectivity index (χ1) is 12.3. The summed E-state index contributed by atoms with van der Waals surface area (Å²) in [4.78, 5) is 0. The third kappa shape index (κ3) is 9.22. The smallest absolute Gasteiger partial charge is 0.0149 e. The Morgan fingerprint density at radius 3 is 0.885 bits per heavy atom. The van der Waals surface area contributed by atoms with Gasteiger partial charge in [-0.2, -0.15) is 0 Å². The lowest BCUT2D eigenvalue weighted by molar-refractivity contribution is 1.23. The molecule has 0 atom stereocenters. The largest absolute Gasteiger partial charge is 0.0778 e. The molecule has 2 aromatic rings. The van der Waals surface area contributed by atoms with Crippen LogP contribution in [0.3, 0.4) is 0 Å². The summed E-state index contributed by atoms with van der Waals surface area (Å²) in [7, 11) is 0. The normalized spacial score (nSPS) is 8.38. The first-order valence-corrected chi connectivity index (χ1v) is 10.3. The maximum absolute atomic E-state index is 2.21. The average Bonchev–Trinajstić information content (AvgIpc) is 2.69. The topological polar surface area (TPSA) is 0 Å². The quantitative estimate of drug-likeness (QED) is 0.411. The number of rotatable bonds is 0. The fourth-order valence-corrected chi connectivity index (χ4v) is 2.10. The van der Waals surface area contributed by atoms with Crippen LogP contribution in [0, 0.1) is 27.7 Å². The molecule has 0 aliphatic rings. The van der Waals surface area contributed by atoms with Crippen molar-refractivity contribution in [1.29, 1.82) is 0 Å². The highest BCUT2D eigenvalue weighted by atomic mass is 14.1. The summed E-state index contributed by atoms with van der Waals surface area (Å²) in [5, 5.41) is 2.79. The van der Waals surface area contributed by atoms with E-state index in [-0.39, 0.29) is 0 Å². The molecule has 0 heterocycles. The second-order valence-electron chi connectivity index (χ2n) is 6.05. The molecular formula is C26H46. The molecule has 0 fully saturated rings. The zero-order chi connectivity index (χ0) is 21.4. The molecule has 0 saturated carbocycles. The molecule has 0 nitrogen and oxygen atoms in total. The number of fused-ring (bicyclic) bond motifs is 1. The van der Waals surface area contributed by atoms with Gasteiger partial charge in [-0.1, -0.05) is 77.0 Å². The second kappa shape index (κ2) is 16.9. The molecule has 2 rings (SSSR count). The van der Waals surface area contributed by atoms with Gasteiger partial charge in [0.1, 0.15) is 0 Å². The SMILES string of the molecule is CC.CC.CC.CC(C)=C(C)C.Cc1c(C)c(C)c2ccccc2c1C. The molecular weight excluding hydrogens is 312 g/mol. The maximum atomic E-state index is 2.21. The van der Waals surface area contributed by atoms with Gasteiger partial charge in [0.25, 0.3) is 0 Å². The monoisotopic (exact) mass is 358 g/mol. The molecule has 0 aromatic heterocycles. The van der Waals surface area contributed by atoms with Crippen LogP contribution in [-0.2, 0) is 0 Å². The van der Waals surface area contributed by atoms with Crippen molar-refractivity contribution in [2.24, 2.45) is 0 Å². The van der Waals surface area contributed by atoms with Crippen LogP contribution in [-0.4, -0.2) is 0 Å².